The second-order valence-electron chi connectivity index (χ2n) is 4.39. The third-order valence-electron chi connectivity index (χ3n) is 3.25. The number of carbonyl (C=O) groups excluding carboxylic acids is 1. The molecule has 1 rings (SSSR count). The van der Waals surface area contributed by atoms with Crippen LogP contribution in [0.3, 0.4) is 0 Å². The summed E-state index contributed by atoms with van der Waals surface area (Å²) in [5, 5.41) is 9.33. The lowest BCUT2D eigenvalue weighted by atomic mass is 10.0. The average molecular weight is 235 g/mol. The fourth-order valence-electron chi connectivity index (χ4n) is 2.08. The van der Waals surface area contributed by atoms with E-state index in [0.717, 1.165) is 18.4 Å². The van der Waals surface area contributed by atoms with Crippen molar-refractivity contribution in [3.63, 3.8) is 0 Å². The van der Waals surface area contributed by atoms with Crippen molar-refractivity contribution < 1.29 is 9.90 Å². The highest BCUT2D eigenvalue weighted by Gasteiger charge is 2.19. The minimum absolute atomic E-state index is 0.0243. The van der Waals surface area contributed by atoms with Crippen LogP contribution in [0.1, 0.15) is 42.6 Å². The molecule has 94 valence electrons. The highest BCUT2D eigenvalue weighted by Crippen LogP contribution is 2.19. The molecule has 1 N–H and O–H groups in total. The number of carbonyl (C=O) groups is 1. The van der Waals surface area contributed by atoms with Gasteiger partial charge in [-0.3, -0.25) is 4.79 Å². The van der Waals surface area contributed by atoms with Gasteiger partial charge in [0.2, 0.25) is 0 Å². The molecule has 0 heterocycles. The van der Waals surface area contributed by atoms with Gasteiger partial charge in [-0.05, 0) is 43.5 Å². The van der Waals surface area contributed by atoms with E-state index in [4.69, 9.17) is 0 Å². The molecule has 1 amide bonds. The van der Waals surface area contributed by atoms with Crippen molar-refractivity contribution in [1.29, 1.82) is 0 Å². The third kappa shape index (κ3) is 2.99. The molecule has 0 aliphatic rings. The van der Waals surface area contributed by atoms with Crippen molar-refractivity contribution in [2.45, 2.75) is 39.7 Å². The minimum Gasteiger partial charge on any atom is -0.508 e. The maximum Gasteiger partial charge on any atom is 0.254 e. The lowest BCUT2D eigenvalue weighted by molar-refractivity contribution is 0.0723. The largest absolute Gasteiger partial charge is 0.508 e. The van der Waals surface area contributed by atoms with Gasteiger partial charge in [-0.25, -0.2) is 0 Å². The molecule has 0 saturated carbocycles. The molecule has 17 heavy (non-hydrogen) atoms. The SMILES string of the molecule is CCC(CC)N(C)C(=O)c1ccc(O)cc1C. The maximum absolute atomic E-state index is 12.3. The summed E-state index contributed by atoms with van der Waals surface area (Å²) < 4.78 is 0. The standard InChI is InChI=1S/C14H21NO2/c1-5-11(6-2)15(4)14(17)13-8-7-12(16)9-10(13)3/h7-9,11,16H,5-6H2,1-4H3. The first-order valence-corrected chi connectivity index (χ1v) is 6.08. The number of nitrogens with zero attached hydrogens (tertiary/aromatic N) is 1. The van der Waals surface area contributed by atoms with Gasteiger partial charge >= 0.3 is 0 Å². The van der Waals surface area contributed by atoms with Crippen LogP contribution < -0.4 is 0 Å². The van der Waals surface area contributed by atoms with Gasteiger partial charge in [0.05, 0.1) is 0 Å². The predicted octanol–water partition coefficient (Wildman–Crippen LogP) is 2.96. The Balaban J connectivity index is 2.96. The van der Waals surface area contributed by atoms with Crippen molar-refractivity contribution in [2.75, 3.05) is 7.05 Å². The van der Waals surface area contributed by atoms with Crippen molar-refractivity contribution >= 4 is 5.91 Å². The first-order valence-electron chi connectivity index (χ1n) is 6.08. The van der Waals surface area contributed by atoms with Gasteiger partial charge in [-0.15, -0.1) is 0 Å². The maximum atomic E-state index is 12.3. The first-order chi connectivity index (χ1) is 8.01. The lowest BCUT2D eigenvalue weighted by Crippen LogP contribution is -2.36. The number of hydrogen-bond donors (Lipinski definition) is 1. The van der Waals surface area contributed by atoms with Crippen LogP contribution in [0, 0.1) is 6.92 Å². The molecule has 1 aromatic carbocycles. The van der Waals surface area contributed by atoms with E-state index >= 15 is 0 Å². The van der Waals surface area contributed by atoms with Crippen LogP contribution in [-0.2, 0) is 0 Å². The molecule has 3 heteroatoms. The summed E-state index contributed by atoms with van der Waals surface area (Å²) in [6.45, 7) is 6.01. The normalized spacial score (nSPS) is 10.6. The number of rotatable bonds is 4. The molecule has 0 radical (unpaired) electrons. The van der Waals surface area contributed by atoms with Crippen LogP contribution in [0.5, 0.6) is 5.75 Å². The Kier molecular flexibility index (Phi) is 4.55. The van der Waals surface area contributed by atoms with E-state index in [1.165, 1.54) is 0 Å². The minimum atomic E-state index is 0.0243. The van der Waals surface area contributed by atoms with Crippen LogP contribution in [0.4, 0.5) is 0 Å². The summed E-state index contributed by atoms with van der Waals surface area (Å²) >= 11 is 0. The summed E-state index contributed by atoms with van der Waals surface area (Å²) in [7, 11) is 1.84. The van der Waals surface area contributed by atoms with Crippen molar-refractivity contribution in [3.05, 3.63) is 29.3 Å². The number of phenolic OH excluding ortho intramolecular Hbond substituents is 1. The zero-order valence-electron chi connectivity index (χ0n) is 11.0. The molecule has 0 saturated heterocycles. The van der Waals surface area contributed by atoms with Crippen LogP contribution in [0.2, 0.25) is 0 Å². The Hall–Kier alpha value is -1.51. The van der Waals surface area contributed by atoms with E-state index in [0.29, 0.717) is 5.56 Å². The molecular formula is C14H21NO2. The van der Waals surface area contributed by atoms with Gasteiger partial charge in [-0.1, -0.05) is 13.8 Å². The van der Waals surface area contributed by atoms with E-state index in [1.54, 1.807) is 23.1 Å². The smallest absolute Gasteiger partial charge is 0.254 e. The van der Waals surface area contributed by atoms with Gasteiger partial charge in [0.15, 0.2) is 0 Å². The van der Waals surface area contributed by atoms with E-state index in [9.17, 15) is 9.90 Å². The van der Waals surface area contributed by atoms with Crippen LogP contribution in [0.15, 0.2) is 18.2 Å². The van der Waals surface area contributed by atoms with Crippen LogP contribution in [0.25, 0.3) is 0 Å². The molecule has 1 aromatic rings. The second kappa shape index (κ2) is 5.71. The summed E-state index contributed by atoms with van der Waals surface area (Å²) in [4.78, 5) is 14.1. The number of aromatic hydroxyl groups is 1. The molecule has 0 aliphatic carbocycles. The summed E-state index contributed by atoms with van der Waals surface area (Å²) in [6, 6.07) is 5.14. The zero-order valence-corrected chi connectivity index (χ0v) is 11.0. The topological polar surface area (TPSA) is 40.5 Å². The highest BCUT2D eigenvalue weighted by atomic mass is 16.3. The molecule has 0 aliphatic heterocycles. The molecule has 0 spiro atoms. The Bertz CT molecular complexity index is 397. The van der Waals surface area contributed by atoms with E-state index < -0.39 is 0 Å². The Morgan fingerprint density at radius 3 is 2.41 bits per heavy atom. The van der Waals surface area contributed by atoms with Gasteiger partial charge < -0.3 is 10.0 Å². The Labute approximate surface area is 103 Å². The molecule has 0 fully saturated rings. The van der Waals surface area contributed by atoms with Gasteiger partial charge in [0.25, 0.3) is 5.91 Å². The van der Waals surface area contributed by atoms with E-state index in [2.05, 4.69) is 13.8 Å². The summed E-state index contributed by atoms with van der Waals surface area (Å²) in [6.07, 6.45) is 1.91. The second-order valence-corrected chi connectivity index (χ2v) is 4.39. The quantitative estimate of drug-likeness (QED) is 0.871. The Morgan fingerprint density at radius 1 is 1.35 bits per heavy atom. The summed E-state index contributed by atoms with van der Waals surface area (Å²) in [5.74, 6) is 0.223. The van der Waals surface area contributed by atoms with Crippen molar-refractivity contribution in [3.8, 4) is 5.75 Å². The molecule has 0 bridgehead atoms. The fourth-order valence-corrected chi connectivity index (χ4v) is 2.08. The first kappa shape index (κ1) is 13.6. The Morgan fingerprint density at radius 2 is 1.94 bits per heavy atom. The van der Waals surface area contributed by atoms with Crippen molar-refractivity contribution in [1.82, 2.24) is 4.90 Å². The van der Waals surface area contributed by atoms with Crippen molar-refractivity contribution in [2.24, 2.45) is 0 Å². The average Bonchev–Trinajstić information content (AvgIpc) is 2.29. The number of hydrogen-bond acceptors (Lipinski definition) is 2. The predicted molar refractivity (Wildman–Crippen MR) is 69.3 cm³/mol. The van der Waals surface area contributed by atoms with Crippen LogP contribution in [-0.4, -0.2) is 29.0 Å². The summed E-state index contributed by atoms with van der Waals surface area (Å²) in [5.41, 5.74) is 1.48. The number of phenols is 1. The fraction of sp³-hybridized carbons (Fsp3) is 0.500. The zero-order chi connectivity index (χ0) is 13.0. The van der Waals surface area contributed by atoms with Gasteiger partial charge in [0, 0.05) is 18.7 Å². The molecular weight excluding hydrogens is 214 g/mol. The molecule has 3 nitrogen and oxygen atoms in total. The number of amides is 1. The van der Waals surface area contributed by atoms with Crippen LogP contribution >= 0.6 is 0 Å². The molecule has 0 atom stereocenters. The third-order valence-corrected chi connectivity index (χ3v) is 3.25. The van der Waals surface area contributed by atoms with Gasteiger partial charge in [-0.2, -0.15) is 0 Å². The number of aryl methyl sites for hydroxylation is 1. The van der Waals surface area contributed by atoms with Gasteiger partial charge in [0.1, 0.15) is 5.75 Å². The van der Waals surface area contributed by atoms with E-state index in [-0.39, 0.29) is 17.7 Å². The monoisotopic (exact) mass is 235 g/mol. The number of benzene rings is 1. The molecule has 0 unspecified atom stereocenters. The molecule has 0 aromatic heterocycles. The van der Waals surface area contributed by atoms with E-state index in [1.807, 2.05) is 14.0 Å². The lowest BCUT2D eigenvalue weighted by Gasteiger charge is -2.27. The highest BCUT2D eigenvalue weighted by molar-refractivity contribution is 5.95.